The van der Waals surface area contributed by atoms with Crippen molar-refractivity contribution in [3.63, 3.8) is 0 Å². The fraction of sp³-hybridized carbons (Fsp3) is 0.250. The van der Waals surface area contributed by atoms with Crippen LogP contribution in [0.15, 0.2) is 59.8 Å². The highest BCUT2D eigenvalue weighted by Gasteiger charge is 2.10. The molecule has 18 heavy (non-hydrogen) atoms. The standard InChI is InChI=1S/C16H20N2/c1-17-15(13-9-5-3-6-10-13)16(18-2)14-11-7-4-8-12-14/h3,5-7,9-12,17-18H,4,8H2,1-2H3/b16-15-. The molecule has 1 aliphatic carbocycles. The Bertz CT molecular complexity index is 481. The zero-order valence-electron chi connectivity index (χ0n) is 11.0. The van der Waals surface area contributed by atoms with E-state index in [4.69, 9.17) is 0 Å². The summed E-state index contributed by atoms with van der Waals surface area (Å²) in [6.07, 6.45) is 8.95. The maximum absolute atomic E-state index is 3.32. The van der Waals surface area contributed by atoms with Crippen LogP contribution in [-0.2, 0) is 0 Å². The molecular weight excluding hydrogens is 220 g/mol. The number of nitrogens with one attached hydrogen (secondary N) is 2. The lowest BCUT2D eigenvalue weighted by atomic mass is 10.00. The molecule has 0 saturated carbocycles. The van der Waals surface area contributed by atoms with E-state index in [9.17, 15) is 0 Å². The van der Waals surface area contributed by atoms with Crippen molar-refractivity contribution in [3.8, 4) is 0 Å². The molecule has 2 rings (SSSR count). The predicted molar refractivity (Wildman–Crippen MR) is 77.9 cm³/mol. The van der Waals surface area contributed by atoms with Crippen molar-refractivity contribution in [3.05, 3.63) is 65.4 Å². The summed E-state index contributed by atoms with van der Waals surface area (Å²) in [5.74, 6) is 0. The summed E-state index contributed by atoms with van der Waals surface area (Å²) in [4.78, 5) is 0. The van der Waals surface area contributed by atoms with Crippen molar-refractivity contribution >= 4 is 5.70 Å². The first-order chi connectivity index (χ1) is 8.86. The van der Waals surface area contributed by atoms with Gasteiger partial charge in [-0.15, -0.1) is 0 Å². The smallest absolute Gasteiger partial charge is 0.0652 e. The average Bonchev–Trinajstić information content (AvgIpc) is 2.46. The molecule has 0 atom stereocenters. The van der Waals surface area contributed by atoms with Crippen LogP contribution in [0.5, 0.6) is 0 Å². The highest BCUT2D eigenvalue weighted by atomic mass is 14.9. The molecule has 0 bridgehead atoms. The summed E-state index contributed by atoms with van der Waals surface area (Å²) in [5.41, 5.74) is 4.75. The number of likely N-dealkylation sites (N-methyl/N-ethyl adjacent to an activating group) is 1. The second kappa shape index (κ2) is 6.10. The number of rotatable bonds is 4. The van der Waals surface area contributed by atoms with Gasteiger partial charge in [0.05, 0.1) is 11.4 Å². The molecule has 0 heterocycles. The molecule has 0 saturated heterocycles. The summed E-state index contributed by atoms with van der Waals surface area (Å²) < 4.78 is 0. The number of benzene rings is 1. The quantitative estimate of drug-likeness (QED) is 0.845. The van der Waals surface area contributed by atoms with Gasteiger partial charge in [0.1, 0.15) is 0 Å². The summed E-state index contributed by atoms with van der Waals surface area (Å²) in [6, 6.07) is 10.4. The van der Waals surface area contributed by atoms with E-state index in [0.29, 0.717) is 0 Å². The molecule has 0 aliphatic heterocycles. The van der Waals surface area contributed by atoms with Gasteiger partial charge in [0.25, 0.3) is 0 Å². The van der Waals surface area contributed by atoms with Gasteiger partial charge in [0, 0.05) is 14.1 Å². The van der Waals surface area contributed by atoms with Gasteiger partial charge in [0.15, 0.2) is 0 Å². The Morgan fingerprint density at radius 3 is 2.22 bits per heavy atom. The van der Waals surface area contributed by atoms with E-state index < -0.39 is 0 Å². The maximum Gasteiger partial charge on any atom is 0.0652 e. The fourth-order valence-electron chi connectivity index (χ4n) is 2.23. The lowest BCUT2D eigenvalue weighted by molar-refractivity contribution is 0.949. The summed E-state index contributed by atoms with van der Waals surface area (Å²) in [6.45, 7) is 0. The monoisotopic (exact) mass is 240 g/mol. The Labute approximate surface area is 109 Å². The fourth-order valence-corrected chi connectivity index (χ4v) is 2.23. The molecule has 0 spiro atoms. The van der Waals surface area contributed by atoms with Crippen LogP contribution in [0.4, 0.5) is 0 Å². The molecule has 1 aromatic carbocycles. The lowest BCUT2D eigenvalue weighted by Gasteiger charge is -2.18. The van der Waals surface area contributed by atoms with Gasteiger partial charge < -0.3 is 10.6 Å². The van der Waals surface area contributed by atoms with E-state index in [2.05, 4.69) is 53.1 Å². The summed E-state index contributed by atoms with van der Waals surface area (Å²) in [7, 11) is 3.94. The largest absolute Gasteiger partial charge is 0.386 e. The molecule has 0 radical (unpaired) electrons. The van der Waals surface area contributed by atoms with E-state index in [1.165, 1.54) is 11.1 Å². The molecule has 94 valence electrons. The van der Waals surface area contributed by atoms with E-state index >= 15 is 0 Å². The highest BCUT2D eigenvalue weighted by molar-refractivity contribution is 5.71. The molecule has 2 N–H and O–H groups in total. The first-order valence-electron chi connectivity index (χ1n) is 6.39. The SMILES string of the molecule is CN/C(C1=CCCC=C1)=C(\NC)c1ccccc1. The number of hydrogen-bond donors (Lipinski definition) is 2. The molecule has 2 heteroatoms. The molecule has 2 nitrogen and oxygen atoms in total. The van der Waals surface area contributed by atoms with Crippen LogP contribution in [0.2, 0.25) is 0 Å². The third kappa shape index (κ3) is 2.65. The van der Waals surface area contributed by atoms with Crippen LogP contribution in [0, 0.1) is 0 Å². The van der Waals surface area contributed by atoms with Crippen LogP contribution < -0.4 is 10.6 Å². The van der Waals surface area contributed by atoms with Crippen molar-refractivity contribution in [1.29, 1.82) is 0 Å². The van der Waals surface area contributed by atoms with Crippen molar-refractivity contribution in [1.82, 2.24) is 10.6 Å². The molecule has 1 aliphatic rings. The van der Waals surface area contributed by atoms with Crippen LogP contribution in [0.3, 0.4) is 0 Å². The summed E-state index contributed by atoms with van der Waals surface area (Å²) >= 11 is 0. The minimum absolute atomic E-state index is 1.11. The molecular formula is C16H20N2. The minimum atomic E-state index is 1.11. The van der Waals surface area contributed by atoms with Gasteiger partial charge in [-0.1, -0.05) is 48.6 Å². The first-order valence-corrected chi connectivity index (χ1v) is 6.39. The Kier molecular flexibility index (Phi) is 4.24. The van der Waals surface area contributed by atoms with Gasteiger partial charge >= 0.3 is 0 Å². The van der Waals surface area contributed by atoms with Crippen LogP contribution in [0.1, 0.15) is 18.4 Å². The predicted octanol–water partition coefficient (Wildman–Crippen LogP) is 3.07. The third-order valence-electron chi connectivity index (χ3n) is 3.10. The third-order valence-corrected chi connectivity index (χ3v) is 3.10. The van der Waals surface area contributed by atoms with E-state index in [-0.39, 0.29) is 0 Å². The molecule has 0 unspecified atom stereocenters. The van der Waals surface area contributed by atoms with E-state index in [1.54, 1.807) is 0 Å². The van der Waals surface area contributed by atoms with Crippen LogP contribution >= 0.6 is 0 Å². The molecule has 0 fully saturated rings. The first kappa shape index (κ1) is 12.5. The van der Waals surface area contributed by atoms with Crippen molar-refractivity contribution in [2.24, 2.45) is 0 Å². The Morgan fingerprint density at radius 2 is 1.67 bits per heavy atom. The minimum Gasteiger partial charge on any atom is -0.386 e. The van der Waals surface area contributed by atoms with Gasteiger partial charge in [0.2, 0.25) is 0 Å². The van der Waals surface area contributed by atoms with Crippen LogP contribution in [0.25, 0.3) is 5.70 Å². The lowest BCUT2D eigenvalue weighted by Crippen LogP contribution is -2.18. The second-order valence-electron chi connectivity index (χ2n) is 4.26. The van der Waals surface area contributed by atoms with Crippen LogP contribution in [-0.4, -0.2) is 14.1 Å². The average molecular weight is 240 g/mol. The van der Waals surface area contributed by atoms with Crippen molar-refractivity contribution in [2.75, 3.05) is 14.1 Å². The molecule has 1 aromatic rings. The topological polar surface area (TPSA) is 24.1 Å². The summed E-state index contributed by atoms with van der Waals surface area (Å²) in [5, 5.41) is 6.63. The second-order valence-corrected chi connectivity index (χ2v) is 4.26. The Morgan fingerprint density at radius 1 is 0.944 bits per heavy atom. The highest BCUT2D eigenvalue weighted by Crippen LogP contribution is 2.23. The molecule has 0 aromatic heterocycles. The van der Waals surface area contributed by atoms with Gasteiger partial charge in [-0.25, -0.2) is 0 Å². The number of allylic oxidation sites excluding steroid dienone is 3. The zero-order valence-corrected chi connectivity index (χ0v) is 11.0. The van der Waals surface area contributed by atoms with E-state index in [1.807, 2.05) is 20.2 Å². The van der Waals surface area contributed by atoms with Gasteiger partial charge in [-0.2, -0.15) is 0 Å². The maximum atomic E-state index is 3.32. The normalized spacial score (nSPS) is 15.8. The van der Waals surface area contributed by atoms with E-state index in [0.717, 1.165) is 24.2 Å². The molecule has 0 amide bonds. The van der Waals surface area contributed by atoms with Gasteiger partial charge in [-0.3, -0.25) is 0 Å². The Hall–Kier alpha value is -1.96. The van der Waals surface area contributed by atoms with Crippen molar-refractivity contribution < 1.29 is 0 Å². The van der Waals surface area contributed by atoms with Crippen molar-refractivity contribution in [2.45, 2.75) is 12.8 Å². The van der Waals surface area contributed by atoms with Gasteiger partial charge in [-0.05, 0) is 24.0 Å². The zero-order chi connectivity index (χ0) is 12.8. The Balaban J connectivity index is 2.46. The number of hydrogen-bond acceptors (Lipinski definition) is 2.